The number of carbonyl (C=O) groups is 1. The topological polar surface area (TPSA) is 58.6 Å². The summed E-state index contributed by atoms with van der Waals surface area (Å²) in [6.07, 6.45) is 0.982. The van der Waals surface area contributed by atoms with E-state index in [4.69, 9.17) is 9.84 Å². The minimum absolute atomic E-state index is 0.315. The van der Waals surface area contributed by atoms with E-state index in [1.807, 2.05) is 36.4 Å². The van der Waals surface area contributed by atoms with Crippen molar-refractivity contribution in [3.05, 3.63) is 65.7 Å². The highest BCUT2D eigenvalue weighted by molar-refractivity contribution is 5.68. The molecular formula is C17H19NO3. The van der Waals surface area contributed by atoms with Crippen molar-refractivity contribution in [2.45, 2.75) is 13.0 Å². The maximum absolute atomic E-state index is 10.5. The first-order chi connectivity index (χ1) is 10.2. The van der Waals surface area contributed by atoms with Crippen LogP contribution in [0.5, 0.6) is 5.75 Å². The molecule has 0 spiro atoms. The van der Waals surface area contributed by atoms with Crippen LogP contribution in [-0.4, -0.2) is 24.2 Å². The second-order valence-corrected chi connectivity index (χ2v) is 4.74. The molecule has 0 aromatic heterocycles. The lowest BCUT2D eigenvalue weighted by Crippen LogP contribution is -2.16. The van der Waals surface area contributed by atoms with Crippen LogP contribution in [0.15, 0.2) is 54.6 Å². The van der Waals surface area contributed by atoms with Gasteiger partial charge >= 0.3 is 5.97 Å². The Morgan fingerprint density at radius 2 is 1.81 bits per heavy atom. The van der Waals surface area contributed by atoms with Gasteiger partial charge in [-0.2, -0.15) is 0 Å². The third-order valence-electron chi connectivity index (χ3n) is 3.02. The number of carboxylic acids is 1. The van der Waals surface area contributed by atoms with Gasteiger partial charge in [0, 0.05) is 6.54 Å². The minimum Gasteiger partial charge on any atom is -0.482 e. The third kappa shape index (κ3) is 5.67. The van der Waals surface area contributed by atoms with E-state index < -0.39 is 5.97 Å². The average molecular weight is 285 g/mol. The van der Waals surface area contributed by atoms with Crippen molar-refractivity contribution in [2.24, 2.45) is 0 Å². The van der Waals surface area contributed by atoms with E-state index in [9.17, 15) is 4.79 Å². The fourth-order valence-electron chi connectivity index (χ4n) is 2.00. The third-order valence-corrected chi connectivity index (χ3v) is 3.02. The molecular weight excluding hydrogens is 266 g/mol. The van der Waals surface area contributed by atoms with Gasteiger partial charge in [0.2, 0.25) is 0 Å². The van der Waals surface area contributed by atoms with Crippen molar-refractivity contribution in [1.82, 2.24) is 5.32 Å². The van der Waals surface area contributed by atoms with Gasteiger partial charge in [0.05, 0.1) is 0 Å². The fraction of sp³-hybridized carbons (Fsp3) is 0.235. The molecule has 0 aliphatic heterocycles. The lowest BCUT2D eigenvalue weighted by Gasteiger charge is -2.08. The van der Waals surface area contributed by atoms with E-state index in [1.165, 1.54) is 5.56 Å². The number of benzene rings is 2. The molecule has 0 saturated carbocycles. The van der Waals surface area contributed by atoms with Gasteiger partial charge < -0.3 is 15.2 Å². The molecule has 4 nitrogen and oxygen atoms in total. The van der Waals surface area contributed by atoms with Crippen LogP contribution < -0.4 is 10.1 Å². The van der Waals surface area contributed by atoms with Crippen molar-refractivity contribution in [3.8, 4) is 5.75 Å². The highest BCUT2D eigenvalue weighted by atomic mass is 16.5. The van der Waals surface area contributed by atoms with Gasteiger partial charge in [-0.1, -0.05) is 42.5 Å². The van der Waals surface area contributed by atoms with Gasteiger partial charge in [-0.05, 0) is 36.2 Å². The van der Waals surface area contributed by atoms with Crippen LogP contribution in [0.4, 0.5) is 0 Å². The molecule has 0 heterocycles. The average Bonchev–Trinajstić information content (AvgIpc) is 2.51. The van der Waals surface area contributed by atoms with Crippen molar-refractivity contribution in [3.63, 3.8) is 0 Å². The van der Waals surface area contributed by atoms with Crippen LogP contribution in [0.1, 0.15) is 11.1 Å². The number of ether oxygens (including phenoxy) is 1. The molecule has 4 heteroatoms. The molecule has 21 heavy (non-hydrogen) atoms. The smallest absolute Gasteiger partial charge is 0.341 e. The first-order valence-corrected chi connectivity index (χ1v) is 6.92. The maximum Gasteiger partial charge on any atom is 0.341 e. The molecule has 0 saturated heterocycles. The lowest BCUT2D eigenvalue weighted by molar-refractivity contribution is -0.139. The van der Waals surface area contributed by atoms with E-state index in [0.717, 1.165) is 25.1 Å². The molecule has 0 unspecified atom stereocenters. The summed E-state index contributed by atoms with van der Waals surface area (Å²) < 4.78 is 5.16. The predicted octanol–water partition coefficient (Wildman–Crippen LogP) is 2.48. The summed E-state index contributed by atoms with van der Waals surface area (Å²) in [5, 5.41) is 12.0. The van der Waals surface area contributed by atoms with Gasteiger partial charge in [-0.3, -0.25) is 0 Å². The minimum atomic E-state index is -0.971. The molecule has 0 amide bonds. The van der Waals surface area contributed by atoms with E-state index in [-0.39, 0.29) is 6.61 Å². The highest BCUT2D eigenvalue weighted by Crippen LogP contribution is 2.13. The number of nitrogens with one attached hydrogen (secondary N) is 1. The molecule has 2 N–H and O–H groups in total. The first-order valence-electron chi connectivity index (χ1n) is 6.92. The van der Waals surface area contributed by atoms with Gasteiger partial charge in [0.15, 0.2) is 6.61 Å². The fourth-order valence-corrected chi connectivity index (χ4v) is 2.00. The van der Waals surface area contributed by atoms with Crippen LogP contribution >= 0.6 is 0 Å². The second kappa shape index (κ2) is 8.07. The Balaban J connectivity index is 1.75. The predicted molar refractivity (Wildman–Crippen MR) is 81.4 cm³/mol. The van der Waals surface area contributed by atoms with Crippen LogP contribution in [0, 0.1) is 0 Å². The maximum atomic E-state index is 10.5. The Kier molecular flexibility index (Phi) is 5.79. The molecule has 2 aromatic carbocycles. The molecule has 0 atom stereocenters. The summed E-state index contributed by atoms with van der Waals surface area (Å²) >= 11 is 0. The zero-order chi connectivity index (χ0) is 14.9. The lowest BCUT2D eigenvalue weighted by atomic mass is 10.1. The second-order valence-electron chi connectivity index (χ2n) is 4.74. The van der Waals surface area contributed by atoms with Crippen molar-refractivity contribution in [1.29, 1.82) is 0 Å². The largest absolute Gasteiger partial charge is 0.482 e. The van der Waals surface area contributed by atoms with E-state index in [0.29, 0.717) is 5.75 Å². The Morgan fingerprint density at radius 1 is 1.05 bits per heavy atom. The molecule has 0 radical (unpaired) electrons. The molecule has 0 aliphatic carbocycles. The van der Waals surface area contributed by atoms with Gasteiger partial charge in [-0.15, -0.1) is 0 Å². The molecule has 0 aliphatic rings. The van der Waals surface area contributed by atoms with Gasteiger partial charge in [0.1, 0.15) is 5.75 Å². The standard InChI is InChI=1S/C17H19NO3/c19-17(20)13-21-16-8-4-7-15(11-16)12-18-10-9-14-5-2-1-3-6-14/h1-8,11,18H,9-10,12-13H2,(H,19,20). The molecule has 2 aromatic rings. The van der Waals surface area contributed by atoms with E-state index >= 15 is 0 Å². The molecule has 0 bridgehead atoms. The van der Waals surface area contributed by atoms with Crippen LogP contribution in [0.2, 0.25) is 0 Å². The normalized spacial score (nSPS) is 10.3. The highest BCUT2D eigenvalue weighted by Gasteiger charge is 2.00. The summed E-state index contributed by atoms with van der Waals surface area (Å²) in [4.78, 5) is 10.5. The molecule has 2 rings (SSSR count). The number of hydrogen-bond acceptors (Lipinski definition) is 3. The summed E-state index contributed by atoms with van der Waals surface area (Å²) in [5.41, 5.74) is 2.38. The number of carboxylic acid groups (broad SMARTS) is 1. The zero-order valence-corrected chi connectivity index (χ0v) is 11.8. The summed E-state index contributed by atoms with van der Waals surface area (Å²) in [6.45, 7) is 1.31. The van der Waals surface area contributed by atoms with Crippen LogP contribution in [-0.2, 0) is 17.8 Å². The summed E-state index contributed by atoms with van der Waals surface area (Å²) in [6, 6.07) is 17.8. The summed E-state index contributed by atoms with van der Waals surface area (Å²) in [7, 11) is 0. The summed E-state index contributed by atoms with van der Waals surface area (Å²) in [5.74, 6) is -0.388. The Hall–Kier alpha value is -2.33. The zero-order valence-electron chi connectivity index (χ0n) is 11.8. The van der Waals surface area contributed by atoms with Crippen LogP contribution in [0.3, 0.4) is 0 Å². The van der Waals surface area contributed by atoms with Gasteiger partial charge in [-0.25, -0.2) is 4.79 Å². The monoisotopic (exact) mass is 285 g/mol. The molecule has 110 valence electrons. The van der Waals surface area contributed by atoms with Gasteiger partial charge in [0.25, 0.3) is 0 Å². The number of hydrogen-bond donors (Lipinski definition) is 2. The van der Waals surface area contributed by atoms with Crippen molar-refractivity contribution >= 4 is 5.97 Å². The van der Waals surface area contributed by atoms with Crippen molar-refractivity contribution in [2.75, 3.05) is 13.2 Å². The van der Waals surface area contributed by atoms with Crippen LogP contribution in [0.25, 0.3) is 0 Å². The Bertz CT molecular complexity index is 569. The molecule has 0 fully saturated rings. The van der Waals surface area contributed by atoms with Crippen molar-refractivity contribution < 1.29 is 14.6 Å². The Labute approximate surface area is 124 Å². The van der Waals surface area contributed by atoms with E-state index in [2.05, 4.69) is 17.4 Å². The Morgan fingerprint density at radius 3 is 2.57 bits per heavy atom. The SMILES string of the molecule is O=C(O)COc1cccc(CNCCc2ccccc2)c1. The quantitative estimate of drug-likeness (QED) is 0.732. The van der Waals surface area contributed by atoms with E-state index in [1.54, 1.807) is 6.07 Å². The first kappa shape index (κ1) is 15.1. The number of rotatable bonds is 8. The number of aliphatic carboxylic acids is 1.